The summed E-state index contributed by atoms with van der Waals surface area (Å²) >= 11 is 0. The van der Waals surface area contributed by atoms with Crippen molar-refractivity contribution in [1.82, 2.24) is 39.0 Å². The molecule has 0 spiro atoms. The number of nitrogens with zero attached hydrogens (tertiary/aromatic N) is 8. The van der Waals surface area contributed by atoms with Crippen LogP contribution in [0.4, 0.5) is 0 Å². The predicted molar refractivity (Wildman–Crippen MR) is 126 cm³/mol. The molecule has 14 nitrogen and oxygen atoms in total. The number of rotatable bonds is 7. The van der Waals surface area contributed by atoms with Crippen molar-refractivity contribution in [1.29, 1.82) is 0 Å². The van der Waals surface area contributed by atoms with Crippen LogP contribution in [0.15, 0.2) is 35.4 Å². The number of hydrogen-bond donors (Lipinski definition) is 4. The highest BCUT2D eigenvalue weighted by molar-refractivity contribution is 8.76. The van der Waals surface area contributed by atoms with Crippen LogP contribution in [0.1, 0.15) is 25.3 Å². The van der Waals surface area contributed by atoms with Crippen LogP contribution in [0.3, 0.4) is 0 Å². The first-order valence-electron chi connectivity index (χ1n) is 11.2. The molecule has 0 radical (unpaired) electrons. The normalized spacial score (nSPS) is 28.6. The lowest BCUT2D eigenvalue weighted by Gasteiger charge is -2.13. The zero-order valence-corrected chi connectivity index (χ0v) is 20.2. The van der Waals surface area contributed by atoms with Gasteiger partial charge < -0.3 is 29.9 Å². The summed E-state index contributed by atoms with van der Waals surface area (Å²) < 4.78 is 14.9. The molecule has 190 valence electrons. The molecule has 16 heteroatoms. The minimum atomic E-state index is -0.768. The fourth-order valence-electron chi connectivity index (χ4n) is 4.38. The lowest BCUT2D eigenvalue weighted by molar-refractivity contribution is -0.0432. The van der Waals surface area contributed by atoms with Crippen molar-refractivity contribution < 1.29 is 29.9 Å². The molecule has 6 heterocycles. The standard InChI is InChI=1S/C20H22N8O6S2/c29-3-11-9(31)1-13(33-11)27-7-25-15-17(27)21-5-23-19(15)35-36-20-16-18(22-6-24-20)28(8-26-16)14-2-10(32)12(4-30)34-14/h5-14,29-32H,1-4H2/t9-,10+,11-,12-,13-,14+/m0/s1. The first-order chi connectivity index (χ1) is 17.6. The SMILES string of the molecule is OC[C@@H]1O[C@@H](n2cnc3c(SSc4ncnc5c4ncn5[C@@H]4C[C@H](O)[C@H](CO)O4)ncnc32)C[C@H]1O. The molecule has 4 aromatic heterocycles. The van der Waals surface area contributed by atoms with Crippen LogP contribution in [0.5, 0.6) is 0 Å². The van der Waals surface area contributed by atoms with Gasteiger partial charge in [-0.25, -0.2) is 29.9 Å². The Bertz CT molecular complexity index is 1280. The van der Waals surface area contributed by atoms with Crippen molar-refractivity contribution in [2.45, 2.75) is 59.8 Å². The fraction of sp³-hybridized carbons (Fsp3) is 0.500. The molecule has 36 heavy (non-hydrogen) atoms. The van der Waals surface area contributed by atoms with Crippen molar-refractivity contribution in [2.75, 3.05) is 13.2 Å². The minimum Gasteiger partial charge on any atom is -0.394 e. The van der Waals surface area contributed by atoms with E-state index < -0.39 is 36.9 Å². The molecule has 2 fully saturated rings. The molecule has 4 aromatic rings. The monoisotopic (exact) mass is 534 g/mol. The van der Waals surface area contributed by atoms with Crippen LogP contribution in [0, 0.1) is 0 Å². The highest BCUT2D eigenvalue weighted by atomic mass is 33.1. The Kier molecular flexibility index (Phi) is 6.51. The summed E-state index contributed by atoms with van der Waals surface area (Å²) in [5, 5.41) is 40.1. The lowest BCUT2D eigenvalue weighted by atomic mass is 10.2. The molecule has 0 bridgehead atoms. The molecule has 6 rings (SSSR count). The van der Waals surface area contributed by atoms with E-state index in [1.165, 1.54) is 34.2 Å². The van der Waals surface area contributed by atoms with Gasteiger partial charge in [0.15, 0.2) is 11.3 Å². The maximum atomic E-state index is 10.1. The number of aliphatic hydroxyl groups is 4. The zero-order chi connectivity index (χ0) is 24.8. The van der Waals surface area contributed by atoms with Gasteiger partial charge in [0.2, 0.25) is 0 Å². The summed E-state index contributed by atoms with van der Waals surface area (Å²) in [6.45, 7) is -0.536. The van der Waals surface area contributed by atoms with Crippen molar-refractivity contribution in [3.63, 3.8) is 0 Å². The Balaban J connectivity index is 1.23. The quantitative estimate of drug-likeness (QED) is 0.184. The highest BCUT2D eigenvalue weighted by Crippen LogP contribution is 2.41. The molecule has 0 aliphatic carbocycles. The molecule has 2 aliphatic heterocycles. The Morgan fingerprint density at radius 1 is 0.722 bits per heavy atom. The number of ether oxygens (including phenoxy) is 2. The van der Waals surface area contributed by atoms with Gasteiger partial charge in [0.1, 0.15) is 58.4 Å². The van der Waals surface area contributed by atoms with Gasteiger partial charge in [0.05, 0.1) is 38.1 Å². The number of fused-ring (bicyclic) bond motifs is 2. The predicted octanol–water partition coefficient (Wildman–Crippen LogP) is 0.0468. The first kappa shape index (κ1) is 23.9. The van der Waals surface area contributed by atoms with Crippen LogP contribution < -0.4 is 0 Å². The van der Waals surface area contributed by atoms with Crippen LogP contribution in [0.25, 0.3) is 22.3 Å². The Hall–Kier alpha value is -2.44. The van der Waals surface area contributed by atoms with Crippen molar-refractivity contribution in [2.24, 2.45) is 0 Å². The van der Waals surface area contributed by atoms with Crippen molar-refractivity contribution in [3.8, 4) is 0 Å². The van der Waals surface area contributed by atoms with Crippen LogP contribution >= 0.6 is 21.6 Å². The number of hydrogen-bond acceptors (Lipinski definition) is 14. The van der Waals surface area contributed by atoms with Gasteiger partial charge in [-0.05, 0) is 21.6 Å². The van der Waals surface area contributed by atoms with E-state index in [4.69, 9.17) is 9.47 Å². The van der Waals surface area contributed by atoms with Gasteiger partial charge in [-0.15, -0.1) is 0 Å². The first-order valence-corrected chi connectivity index (χ1v) is 13.3. The molecular formula is C20H22N8O6S2. The average Bonchev–Trinajstić information content (AvgIpc) is 3.66. The third-order valence-electron chi connectivity index (χ3n) is 6.24. The molecule has 0 aromatic carbocycles. The van der Waals surface area contributed by atoms with Crippen molar-refractivity contribution in [3.05, 3.63) is 25.3 Å². The van der Waals surface area contributed by atoms with Crippen molar-refractivity contribution >= 4 is 43.9 Å². The van der Waals surface area contributed by atoms with E-state index in [2.05, 4.69) is 29.9 Å². The second-order valence-corrected chi connectivity index (χ2v) is 10.5. The van der Waals surface area contributed by atoms with E-state index >= 15 is 0 Å². The maximum absolute atomic E-state index is 10.1. The Morgan fingerprint density at radius 2 is 1.17 bits per heavy atom. The van der Waals surface area contributed by atoms with Gasteiger partial charge in [-0.3, -0.25) is 9.13 Å². The molecule has 0 amide bonds. The highest BCUT2D eigenvalue weighted by Gasteiger charge is 2.36. The maximum Gasteiger partial charge on any atom is 0.166 e. The summed E-state index contributed by atoms with van der Waals surface area (Å²) in [6.07, 6.45) is 2.87. The fourth-order valence-corrected chi connectivity index (χ4v) is 6.37. The zero-order valence-electron chi connectivity index (χ0n) is 18.6. The summed E-state index contributed by atoms with van der Waals surface area (Å²) in [7, 11) is 2.68. The molecule has 4 N–H and O–H groups in total. The summed E-state index contributed by atoms with van der Waals surface area (Å²) in [6, 6.07) is 0. The number of imidazole rings is 2. The van der Waals surface area contributed by atoms with Crippen LogP contribution in [-0.4, -0.2) is 97.1 Å². The van der Waals surface area contributed by atoms with E-state index in [0.717, 1.165) is 0 Å². The van der Waals surface area contributed by atoms with E-state index in [1.54, 1.807) is 21.8 Å². The molecule has 2 saturated heterocycles. The Labute approximate surface area is 211 Å². The number of aliphatic hydroxyl groups excluding tert-OH is 4. The molecule has 0 saturated carbocycles. The molecule has 2 aliphatic rings. The van der Waals surface area contributed by atoms with Gasteiger partial charge in [-0.1, -0.05) is 0 Å². The van der Waals surface area contributed by atoms with E-state index in [9.17, 15) is 20.4 Å². The van der Waals surface area contributed by atoms with Gasteiger partial charge >= 0.3 is 0 Å². The summed E-state index contributed by atoms with van der Waals surface area (Å²) in [5.74, 6) is 0. The largest absolute Gasteiger partial charge is 0.394 e. The second kappa shape index (κ2) is 9.79. The Morgan fingerprint density at radius 3 is 1.56 bits per heavy atom. The second-order valence-electron chi connectivity index (χ2n) is 8.40. The molecule has 0 unspecified atom stereocenters. The van der Waals surface area contributed by atoms with E-state index in [1.807, 2.05) is 0 Å². The molecular weight excluding hydrogens is 512 g/mol. The average molecular weight is 535 g/mol. The van der Waals surface area contributed by atoms with Gasteiger partial charge in [0, 0.05) is 12.8 Å². The summed E-state index contributed by atoms with van der Waals surface area (Å²) in [4.78, 5) is 26.3. The number of aromatic nitrogens is 8. The van der Waals surface area contributed by atoms with Gasteiger partial charge in [-0.2, -0.15) is 0 Å². The third kappa shape index (κ3) is 4.12. The molecule has 6 atom stereocenters. The lowest BCUT2D eigenvalue weighted by Crippen LogP contribution is -2.24. The van der Waals surface area contributed by atoms with Crippen LogP contribution in [-0.2, 0) is 9.47 Å². The van der Waals surface area contributed by atoms with Crippen LogP contribution in [0.2, 0.25) is 0 Å². The minimum absolute atomic E-state index is 0.268. The smallest absolute Gasteiger partial charge is 0.166 e. The third-order valence-corrected chi connectivity index (χ3v) is 8.43. The van der Waals surface area contributed by atoms with Gasteiger partial charge in [0.25, 0.3) is 0 Å². The summed E-state index contributed by atoms with van der Waals surface area (Å²) in [5.41, 5.74) is 2.24. The topological polar surface area (TPSA) is 187 Å². The van der Waals surface area contributed by atoms with E-state index in [-0.39, 0.29) is 13.2 Å². The van der Waals surface area contributed by atoms with E-state index in [0.29, 0.717) is 45.2 Å².